The van der Waals surface area contributed by atoms with Crippen LogP contribution in [0.15, 0.2) is 30.3 Å². The van der Waals surface area contributed by atoms with Crippen LogP contribution in [0.5, 0.6) is 5.75 Å². The maximum Gasteiger partial charge on any atom is 0.223 e. The first-order valence-corrected chi connectivity index (χ1v) is 12.8. The molecule has 0 radical (unpaired) electrons. The molecule has 0 spiro atoms. The zero-order valence-corrected chi connectivity index (χ0v) is 19.3. The van der Waals surface area contributed by atoms with E-state index in [2.05, 4.69) is 10.2 Å². The van der Waals surface area contributed by atoms with E-state index in [0.717, 1.165) is 55.9 Å². The van der Waals surface area contributed by atoms with Gasteiger partial charge in [-0.2, -0.15) is 0 Å². The molecule has 5 nitrogen and oxygen atoms in total. The molecule has 1 heterocycles. The van der Waals surface area contributed by atoms with Gasteiger partial charge in [-0.05, 0) is 93.1 Å². The summed E-state index contributed by atoms with van der Waals surface area (Å²) in [5.41, 5.74) is 0.318. The van der Waals surface area contributed by atoms with Gasteiger partial charge in [0.2, 0.25) is 11.8 Å². The van der Waals surface area contributed by atoms with Crippen LogP contribution >= 0.6 is 0 Å². The number of hydrogen-bond acceptors (Lipinski definition) is 3. The molecule has 4 aliphatic carbocycles. The molecule has 5 fully saturated rings. The van der Waals surface area contributed by atoms with E-state index in [1.165, 1.54) is 38.5 Å². The average Bonchev–Trinajstić information content (AvgIpc) is 2.77. The number of nitrogens with one attached hydrogen (secondary N) is 1. The first-order chi connectivity index (χ1) is 15.6. The number of hydrogen-bond donors (Lipinski definition) is 1. The monoisotopic (exact) mass is 438 g/mol. The van der Waals surface area contributed by atoms with Crippen molar-refractivity contribution in [2.75, 3.05) is 19.7 Å². The van der Waals surface area contributed by atoms with E-state index in [9.17, 15) is 9.59 Å². The Morgan fingerprint density at radius 1 is 0.969 bits per heavy atom. The van der Waals surface area contributed by atoms with Gasteiger partial charge in [-0.15, -0.1) is 0 Å². The first kappa shape index (κ1) is 21.8. The summed E-state index contributed by atoms with van der Waals surface area (Å²) in [6.45, 7) is 2.12. The van der Waals surface area contributed by atoms with Crippen molar-refractivity contribution in [2.45, 2.75) is 76.7 Å². The van der Waals surface area contributed by atoms with Crippen LogP contribution in [-0.2, 0) is 9.59 Å². The van der Waals surface area contributed by atoms with Crippen molar-refractivity contribution in [1.29, 1.82) is 0 Å². The molecule has 2 amide bonds. The van der Waals surface area contributed by atoms with Crippen LogP contribution < -0.4 is 10.1 Å². The second kappa shape index (κ2) is 9.44. The summed E-state index contributed by atoms with van der Waals surface area (Å²) in [4.78, 5) is 27.5. The summed E-state index contributed by atoms with van der Waals surface area (Å²) in [7, 11) is 0. The highest BCUT2D eigenvalue weighted by Gasteiger charge is 2.51. The number of benzene rings is 1. The molecule has 6 rings (SSSR count). The van der Waals surface area contributed by atoms with Crippen LogP contribution in [0.3, 0.4) is 0 Å². The highest BCUT2D eigenvalue weighted by molar-refractivity contribution is 5.78. The lowest BCUT2D eigenvalue weighted by Crippen LogP contribution is -2.50. The Bertz CT molecular complexity index is 765. The van der Waals surface area contributed by atoms with Crippen molar-refractivity contribution >= 4 is 11.8 Å². The minimum Gasteiger partial charge on any atom is -0.494 e. The van der Waals surface area contributed by atoms with E-state index in [-0.39, 0.29) is 11.9 Å². The Labute approximate surface area is 192 Å². The molecule has 1 N–H and O–H groups in total. The predicted octanol–water partition coefficient (Wildman–Crippen LogP) is 4.56. The number of rotatable bonds is 8. The zero-order valence-electron chi connectivity index (χ0n) is 19.3. The fraction of sp³-hybridized carbons (Fsp3) is 0.704. The van der Waals surface area contributed by atoms with Gasteiger partial charge in [-0.3, -0.25) is 9.59 Å². The van der Waals surface area contributed by atoms with Gasteiger partial charge in [-0.1, -0.05) is 18.2 Å². The standard InChI is InChI=1S/C27H38N2O3/c30-25(7-4-12-32-24-5-2-1-3-6-24)28-23-8-10-29(11-9-23)26(31)19-27-16-20-13-21(17-27)15-22(14-20)18-27/h1-3,5-6,20-23H,4,7-19H2,(H,28,30). The number of amides is 2. The Kier molecular flexibility index (Phi) is 6.43. The van der Waals surface area contributed by atoms with Gasteiger partial charge >= 0.3 is 0 Å². The minimum atomic E-state index is 0.0972. The van der Waals surface area contributed by atoms with E-state index in [4.69, 9.17) is 4.74 Å². The zero-order chi connectivity index (χ0) is 22.0. The lowest BCUT2D eigenvalue weighted by molar-refractivity contribution is -0.140. The maximum atomic E-state index is 13.1. The number of ether oxygens (including phenoxy) is 1. The lowest BCUT2D eigenvalue weighted by Gasteiger charge is -2.57. The van der Waals surface area contributed by atoms with E-state index >= 15 is 0 Å². The van der Waals surface area contributed by atoms with Gasteiger partial charge in [0.15, 0.2) is 0 Å². The molecule has 32 heavy (non-hydrogen) atoms. The third kappa shape index (κ3) is 5.13. The molecular weight excluding hydrogens is 400 g/mol. The molecule has 1 aliphatic heterocycles. The molecule has 1 aromatic carbocycles. The summed E-state index contributed by atoms with van der Waals surface area (Å²) >= 11 is 0. The van der Waals surface area contributed by atoms with Gasteiger partial charge in [0, 0.05) is 32.0 Å². The summed E-state index contributed by atoms with van der Waals surface area (Å²) in [6, 6.07) is 9.91. The summed E-state index contributed by atoms with van der Waals surface area (Å²) in [5, 5.41) is 3.17. The van der Waals surface area contributed by atoms with Crippen LogP contribution in [-0.4, -0.2) is 42.5 Å². The van der Waals surface area contributed by atoms with Crippen molar-refractivity contribution in [1.82, 2.24) is 10.2 Å². The second-order valence-corrected chi connectivity index (χ2v) is 11.1. The van der Waals surface area contributed by atoms with E-state index < -0.39 is 0 Å². The molecule has 0 atom stereocenters. The second-order valence-electron chi connectivity index (χ2n) is 11.1. The van der Waals surface area contributed by atoms with E-state index in [0.29, 0.717) is 30.8 Å². The molecule has 5 aliphatic rings. The molecule has 1 saturated heterocycles. The average molecular weight is 439 g/mol. The minimum absolute atomic E-state index is 0.0972. The third-order valence-electron chi connectivity index (χ3n) is 8.46. The summed E-state index contributed by atoms with van der Waals surface area (Å²) in [5.74, 6) is 4.00. The summed E-state index contributed by atoms with van der Waals surface area (Å²) in [6.07, 6.45) is 11.9. The Balaban J connectivity index is 1.00. The SMILES string of the molecule is O=C(CCCOc1ccccc1)NC1CCN(C(=O)CC23CC4CC(CC(C4)C2)C3)CC1. The van der Waals surface area contributed by atoms with Gasteiger partial charge in [0.1, 0.15) is 5.75 Å². The van der Waals surface area contributed by atoms with Gasteiger partial charge in [0.25, 0.3) is 0 Å². The van der Waals surface area contributed by atoms with E-state index in [1.807, 2.05) is 30.3 Å². The highest BCUT2D eigenvalue weighted by Crippen LogP contribution is 2.61. The normalized spacial score (nSPS) is 31.5. The third-order valence-corrected chi connectivity index (χ3v) is 8.46. The van der Waals surface area contributed by atoms with Crippen molar-refractivity contribution in [2.24, 2.45) is 23.2 Å². The van der Waals surface area contributed by atoms with E-state index in [1.54, 1.807) is 0 Å². The number of nitrogens with zero attached hydrogens (tertiary/aromatic N) is 1. The van der Waals surface area contributed by atoms with Crippen LogP contribution in [0.1, 0.15) is 70.6 Å². The molecule has 1 aromatic rings. The molecular formula is C27H38N2O3. The van der Waals surface area contributed by atoms with Crippen LogP contribution in [0, 0.1) is 23.2 Å². The van der Waals surface area contributed by atoms with Gasteiger partial charge in [-0.25, -0.2) is 0 Å². The predicted molar refractivity (Wildman–Crippen MR) is 124 cm³/mol. The quantitative estimate of drug-likeness (QED) is 0.606. The van der Waals surface area contributed by atoms with Crippen LogP contribution in [0.2, 0.25) is 0 Å². The maximum absolute atomic E-state index is 13.1. The number of piperidine rings is 1. The van der Waals surface area contributed by atoms with Gasteiger partial charge in [0.05, 0.1) is 6.61 Å². The largest absolute Gasteiger partial charge is 0.494 e. The topological polar surface area (TPSA) is 58.6 Å². The Morgan fingerprint density at radius 2 is 1.59 bits per heavy atom. The molecule has 0 aromatic heterocycles. The number of carbonyl (C=O) groups is 2. The van der Waals surface area contributed by atoms with Crippen LogP contribution in [0.25, 0.3) is 0 Å². The fourth-order valence-electron chi connectivity index (χ4n) is 7.45. The number of carbonyl (C=O) groups excluding carboxylic acids is 2. The molecule has 4 saturated carbocycles. The lowest BCUT2D eigenvalue weighted by atomic mass is 9.49. The fourth-order valence-corrected chi connectivity index (χ4v) is 7.45. The molecule has 0 unspecified atom stereocenters. The number of likely N-dealkylation sites (tertiary alicyclic amines) is 1. The Morgan fingerprint density at radius 3 is 2.22 bits per heavy atom. The van der Waals surface area contributed by atoms with Crippen LogP contribution in [0.4, 0.5) is 0 Å². The molecule has 4 bridgehead atoms. The number of para-hydroxylation sites is 1. The van der Waals surface area contributed by atoms with Gasteiger partial charge < -0.3 is 15.0 Å². The van der Waals surface area contributed by atoms with Crippen molar-refractivity contribution in [3.8, 4) is 5.75 Å². The molecule has 5 heteroatoms. The molecule has 174 valence electrons. The van der Waals surface area contributed by atoms with Crippen molar-refractivity contribution in [3.63, 3.8) is 0 Å². The Hall–Kier alpha value is -2.04. The highest BCUT2D eigenvalue weighted by atomic mass is 16.5. The van der Waals surface area contributed by atoms with Crippen molar-refractivity contribution < 1.29 is 14.3 Å². The van der Waals surface area contributed by atoms with Crippen molar-refractivity contribution in [3.05, 3.63) is 30.3 Å². The summed E-state index contributed by atoms with van der Waals surface area (Å²) < 4.78 is 5.66. The first-order valence-electron chi connectivity index (χ1n) is 12.8. The smallest absolute Gasteiger partial charge is 0.223 e.